The average Bonchev–Trinajstić information content (AvgIpc) is 2.50. The number of hydrogen-bond donors (Lipinski definition) is 0. The van der Waals surface area contributed by atoms with Crippen LogP contribution in [0.25, 0.3) is 0 Å². The van der Waals surface area contributed by atoms with Crippen molar-refractivity contribution in [1.29, 1.82) is 5.26 Å². The number of thiophene rings is 1. The highest BCUT2D eigenvalue weighted by Crippen LogP contribution is 2.22. The summed E-state index contributed by atoms with van der Waals surface area (Å²) in [4.78, 5) is 3.18. The van der Waals surface area contributed by atoms with Gasteiger partial charge in [-0.25, -0.2) is 0 Å². The molecule has 0 bridgehead atoms. The molecule has 0 spiro atoms. The van der Waals surface area contributed by atoms with Crippen LogP contribution in [0.1, 0.15) is 4.88 Å². The topological polar surface area (TPSA) is 27.0 Å². The standard InChI is InChI=1S/C9H10Cl2N2S/c1-13(5-7(10)4-12)6-8-2-3-9(11)14-8/h2-3,7H,5-6H2,1H3. The van der Waals surface area contributed by atoms with Gasteiger partial charge in [-0.3, -0.25) is 4.90 Å². The Labute approximate surface area is 97.7 Å². The van der Waals surface area contributed by atoms with E-state index in [0.29, 0.717) is 6.54 Å². The van der Waals surface area contributed by atoms with Crippen molar-refractivity contribution >= 4 is 34.5 Å². The Hall–Kier alpha value is -0.270. The molecule has 1 aromatic heterocycles. The summed E-state index contributed by atoms with van der Waals surface area (Å²) in [6, 6.07) is 5.85. The molecule has 14 heavy (non-hydrogen) atoms. The molecule has 1 atom stereocenters. The summed E-state index contributed by atoms with van der Waals surface area (Å²) in [6.07, 6.45) is 0. The predicted octanol–water partition coefficient (Wildman–Crippen LogP) is 2.96. The molecule has 0 radical (unpaired) electrons. The molecule has 0 saturated carbocycles. The highest BCUT2D eigenvalue weighted by atomic mass is 35.5. The first kappa shape index (κ1) is 11.8. The van der Waals surface area contributed by atoms with E-state index in [-0.39, 0.29) is 0 Å². The van der Waals surface area contributed by atoms with Crippen molar-refractivity contribution in [2.75, 3.05) is 13.6 Å². The Morgan fingerprint density at radius 1 is 1.64 bits per heavy atom. The van der Waals surface area contributed by atoms with Gasteiger partial charge in [0.25, 0.3) is 0 Å². The van der Waals surface area contributed by atoms with Crippen LogP contribution in [0.5, 0.6) is 0 Å². The largest absolute Gasteiger partial charge is 0.299 e. The third-order valence-corrected chi connectivity index (χ3v) is 3.12. The SMILES string of the molecule is CN(Cc1ccc(Cl)s1)CC(Cl)C#N. The van der Waals surface area contributed by atoms with E-state index in [1.165, 1.54) is 4.88 Å². The van der Waals surface area contributed by atoms with Crippen LogP contribution in [-0.2, 0) is 6.54 Å². The van der Waals surface area contributed by atoms with E-state index in [4.69, 9.17) is 28.5 Å². The van der Waals surface area contributed by atoms with E-state index in [9.17, 15) is 0 Å². The van der Waals surface area contributed by atoms with Gasteiger partial charge in [0.1, 0.15) is 5.38 Å². The Kier molecular flexibility index (Phi) is 4.70. The fourth-order valence-electron chi connectivity index (χ4n) is 1.08. The highest BCUT2D eigenvalue weighted by Gasteiger charge is 2.08. The van der Waals surface area contributed by atoms with Crippen LogP contribution >= 0.6 is 34.5 Å². The zero-order chi connectivity index (χ0) is 10.6. The highest BCUT2D eigenvalue weighted by molar-refractivity contribution is 7.16. The van der Waals surface area contributed by atoms with Crippen LogP contribution in [0.15, 0.2) is 12.1 Å². The van der Waals surface area contributed by atoms with Gasteiger partial charge in [-0.1, -0.05) is 11.6 Å². The fourth-order valence-corrected chi connectivity index (χ4v) is 2.49. The molecule has 0 aliphatic rings. The molecular weight excluding hydrogens is 239 g/mol. The number of nitriles is 1. The van der Waals surface area contributed by atoms with E-state index in [0.717, 1.165) is 10.9 Å². The molecule has 2 nitrogen and oxygen atoms in total. The molecule has 0 amide bonds. The molecular formula is C9H10Cl2N2S. The smallest absolute Gasteiger partial charge is 0.133 e. The van der Waals surface area contributed by atoms with Crippen molar-refractivity contribution in [3.63, 3.8) is 0 Å². The Morgan fingerprint density at radius 3 is 2.86 bits per heavy atom. The van der Waals surface area contributed by atoms with Gasteiger partial charge < -0.3 is 0 Å². The molecule has 1 rings (SSSR count). The predicted molar refractivity (Wildman–Crippen MR) is 60.9 cm³/mol. The third kappa shape index (κ3) is 3.85. The summed E-state index contributed by atoms with van der Waals surface area (Å²) in [6.45, 7) is 1.34. The van der Waals surface area contributed by atoms with Crippen LogP contribution in [0.3, 0.4) is 0 Å². The molecule has 1 heterocycles. The van der Waals surface area contributed by atoms with Crippen molar-refractivity contribution in [2.24, 2.45) is 0 Å². The molecule has 1 aromatic rings. The molecule has 1 unspecified atom stereocenters. The number of rotatable bonds is 4. The van der Waals surface area contributed by atoms with Gasteiger partial charge in [-0.05, 0) is 19.2 Å². The molecule has 5 heteroatoms. The minimum Gasteiger partial charge on any atom is -0.299 e. The van der Waals surface area contributed by atoms with Crippen LogP contribution in [0.2, 0.25) is 4.34 Å². The van der Waals surface area contributed by atoms with E-state index in [2.05, 4.69) is 0 Å². The maximum atomic E-state index is 8.53. The third-order valence-electron chi connectivity index (χ3n) is 1.67. The average molecular weight is 249 g/mol. The molecule has 0 N–H and O–H groups in total. The zero-order valence-electron chi connectivity index (χ0n) is 7.70. The van der Waals surface area contributed by atoms with E-state index < -0.39 is 5.38 Å². The normalized spacial score (nSPS) is 12.8. The van der Waals surface area contributed by atoms with Crippen LogP contribution in [0.4, 0.5) is 0 Å². The summed E-state index contributed by atoms with van der Waals surface area (Å²) in [7, 11) is 1.93. The van der Waals surface area contributed by atoms with Crippen LogP contribution < -0.4 is 0 Å². The summed E-state index contributed by atoms with van der Waals surface area (Å²) in [5.41, 5.74) is 0. The lowest BCUT2D eigenvalue weighted by Gasteiger charge is -2.15. The molecule has 0 fully saturated rings. The summed E-state index contributed by atoms with van der Waals surface area (Å²) < 4.78 is 0.788. The number of nitrogens with zero attached hydrogens (tertiary/aromatic N) is 2. The quantitative estimate of drug-likeness (QED) is 0.767. The second-order valence-electron chi connectivity index (χ2n) is 3.00. The van der Waals surface area contributed by atoms with Gasteiger partial charge in [0.2, 0.25) is 0 Å². The first-order chi connectivity index (χ1) is 6.61. The first-order valence-corrected chi connectivity index (χ1v) is 5.71. The second-order valence-corrected chi connectivity index (χ2v) is 5.33. The maximum absolute atomic E-state index is 8.53. The van der Waals surface area contributed by atoms with Crippen molar-refractivity contribution in [1.82, 2.24) is 4.90 Å². The Bertz CT molecular complexity index is 332. The van der Waals surface area contributed by atoms with Gasteiger partial charge in [0, 0.05) is 18.0 Å². The van der Waals surface area contributed by atoms with E-state index in [1.54, 1.807) is 11.3 Å². The molecule has 0 aliphatic heterocycles. The zero-order valence-corrected chi connectivity index (χ0v) is 10.0. The molecule has 76 valence electrons. The van der Waals surface area contributed by atoms with Gasteiger partial charge in [0.05, 0.1) is 10.4 Å². The van der Waals surface area contributed by atoms with Gasteiger partial charge >= 0.3 is 0 Å². The van der Waals surface area contributed by atoms with E-state index >= 15 is 0 Å². The summed E-state index contributed by atoms with van der Waals surface area (Å²) in [5, 5.41) is 8.08. The first-order valence-electron chi connectivity index (χ1n) is 4.08. The molecule has 0 aliphatic carbocycles. The molecule has 0 saturated heterocycles. The second kappa shape index (κ2) is 5.57. The van der Waals surface area contributed by atoms with Crippen molar-refractivity contribution in [2.45, 2.75) is 11.9 Å². The van der Waals surface area contributed by atoms with Gasteiger partial charge in [-0.15, -0.1) is 22.9 Å². The number of alkyl halides is 1. The van der Waals surface area contributed by atoms with E-state index in [1.807, 2.05) is 30.1 Å². The number of hydrogen-bond acceptors (Lipinski definition) is 3. The fraction of sp³-hybridized carbons (Fsp3) is 0.444. The number of halogens is 2. The Morgan fingerprint density at radius 2 is 2.36 bits per heavy atom. The minimum atomic E-state index is -0.449. The van der Waals surface area contributed by atoms with Crippen LogP contribution in [0, 0.1) is 11.3 Å². The lowest BCUT2D eigenvalue weighted by Crippen LogP contribution is -2.24. The lowest BCUT2D eigenvalue weighted by molar-refractivity contribution is 0.340. The summed E-state index contributed by atoms with van der Waals surface area (Å²) >= 11 is 13.1. The van der Waals surface area contributed by atoms with Gasteiger partial charge in [-0.2, -0.15) is 5.26 Å². The van der Waals surface area contributed by atoms with Crippen LogP contribution in [-0.4, -0.2) is 23.9 Å². The van der Waals surface area contributed by atoms with Crippen molar-refractivity contribution < 1.29 is 0 Å². The Balaban J connectivity index is 2.42. The molecule has 0 aromatic carbocycles. The summed E-state index contributed by atoms with van der Waals surface area (Å²) in [5.74, 6) is 0. The van der Waals surface area contributed by atoms with Crippen molar-refractivity contribution in [3.05, 3.63) is 21.3 Å². The maximum Gasteiger partial charge on any atom is 0.133 e. The van der Waals surface area contributed by atoms with Gasteiger partial charge in [0.15, 0.2) is 0 Å². The van der Waals surface area contributed by atoms with Crippen molar-refractivity contribution in [3.8, 4) is 6.07 Å². The monoisotopic (exact) mass is 248 g/mol. The minimum absolute atomic E-state index is 0.449. The lowest BCUT2D eigenvalue weighted by atomic mass is 10.4.